The van der Waals surface area contributed by atoms with Crippen LogP contribution in [0.1, 0.15) is 42.9 Å². The third-order valence-electron chi connectivity index (χ3n) is 5.00. The second-order valence-electron chi connectivity index (χ2n) is 6.63. The van der Waals surface area contributed by atoms with Gasteiger partial charge < -0.3 is 15.2 Å². The van der Waals surface area contributed by atoms with Crippen molar-refractivity contribution in [1.82, 2.24) is 20.1 Å². The summed E-state index contributed by atoms with van der Waals surface area (Å²) in [6.07, 6.45) is 2.66. The third kappa shape index (κ3) is 2.90. The van der Waals surface area contributed by atoms with E-state index < -0.39 is 5.92 Å². The van der Waals surface area contributed by atoms with Gasteiger partial charge in [-0.2, -0.15) is 0 Å². The second-order valence-corrected chi connectivity index (χ2v) is 6.63. The molecule has 2 amide bonds. The molecule has 2 aliphatic heterocycles. The summed E-state index contributed by atoms with van der Waals surface area (Å²) in [6.45, 7) is 2.75. The maximum Gasteiger partial charge on any atom is 0.232 e. The van der Waals surface area contributed by atoms with Crippen molar-refractivity contribution in [3.05, 3.63) is 41.5 Å². The fourth-order valence-corrected chi connectivity index (χ4v) is 3.71. The lowest BCUT2D eigenvalue weighted by Crippen LogP contribution is -2.42. The first-order valence-corrected chi connectivity index (χ1v) is 8.75. The van der Waals surface area contributed by atoms with Crippen LogP contribution in [0.4, 0.5) is 5.69 Å². The number of hydrogen-bond donors (Lipinski definition) is 2. The van der Waals surface area contributed by atoms with Gasteiger partial charge in [-0.05, 0) is 18.1 Å². The molecule has 2 N–H and O–H groups in total. The molecule has 130 valence electrons. The SMILES string of the molecule is CCc1nnc2n1CC(NC(=O)CC1C(=O)Nc3ccccc31)CC2. The van der Waals surface area contributed by atoms with Crippen molar-refractivity contribution in [2.45, 2.75) is 51.1 Å². The number of rotatable bonds is 4. The first kappa shape index (κ1) is 15.8. The number of amides is 2. The molecule has 0 spiro atoms. The van der Waals surface area contributed by atoms with Gasteiger partial charge in [0.05, 0.1) is 5.92 Å². The highest BCUT2D eigenvalue weighted by atomic mass is 16.2. The number of anilines is 1. The smallest absolute Gasteiger partial charge is 0.232 e. The quantitative estimate of drug-likeness (QED) is 0.881. The largest absolute Gasteiger partial charge is 0.352 e. The Morgan fingerprint density at radius 1 is 1.36 bits per heavy atom. The maximum atomic E-state index is 12.5. The molecule has 25 heavy (non-hydrogen) atoms. The van der Waals surface area contributed by atoms with Crippen LogP contribution in [0.3, 0.4) is 0 Å². The van der Waals surface area contributed by atoms with Crippen molar-refractivity contribution in [1.29, 1.82) is 0 Å². The summed E-state index contributed by atoms with van der Waals surface area (Å²) in [4.78, 5) is 24.7. The van der Waals surface area contributed by atoms with Gasteiger partial charge in [0, 0.05) is 37.5 Å². The molecule has 0 radical (unpaired) electrons. The Labute approximate surface area is 145 Å². The van der Waals surface area contributed by atoms with Crippen molar-refractivity contribution in [2.24, 2.45) is 0 Å². The van der Waals surface area contributed by atoms with Gasteiger partial charge in [0.15, 0.2) is 0 Å². The van der Waals surface area contributed by atoms with E-state index in [4.69, 9.17) is 0 Å². The number of benzene rings is 1. The minimum absolute atomic E-state index is 0.0565. The third-order valence-corrected chi connectivity index (χ3v) is 5.00. The van der Waals surface area contributed by atoms with Gasteiger partial charge in [0.25, 0.3) is 0 Å². The van der Waals surface area contributed by atoms with Gasteiger partial charge in [0.1, 0.15) is 11.6 Å². The lowest BCUT2D eigenvalue weighted by molar-refractivity contribution is -0.125. The van der Waals surface area contributed by atoms with Crippen LogP contribution in [-0.4, -0.2) is 32.6 Å². The highest BCUT2D eigenvalue weighted by Crippen LogP contribution is 2.34. The highest BCUT2D eigenvalue weighted by Gasteiger charge is 2.32. The number of hydrogen-bond acceptors (Lipinski definition) is 4. The van der Waals surface area contributed by atoms with Crippen LogP contribution >= 0.6 is 0 Å². The number of carbonyl (C=O) groups excluding carboxylic acids is 2. The van der Waals surface area contributed by atoms with E-state index in [1.54, 1.807) is 0 Å². The molecule has 0 saturated heterocycles. The Kier molecular flexibility index (Phi) is 3.99. The molecule has 7 nitrogen and oxygen atoms in total. The summed E-state index contributed by atoms with van der Waals surface area (Å²) in [5.74, 6) is 1.35. The molecule has 1 aromatic heterocycles. The molecule has 0 aliphatic carbocycles. The molecular weight excluding hydrogens is 318 g/mol. The van der Waals surface area contributed by atoms with Crippen molar-refractivity contribution < 1.29 is 9.59 Å². The number of fused-ring (bicyclic) bond motifs is 2. The summed E-state index contributed by atoms with van der Waals surface area (Å²) >= 11 is 0. The van der Waals surface area contributed by atoms with Crippen LogP contribution in [0.15, 0.2) is 24.3 Å². The van der Waals surface area contributed by atoms with Crippen LogP contribution in [0.5, 0.6) is 0 Å². The molecule has 4 rings (SSSR count). The van der Waals surface area contributed by atoms with Crippen molar-refractivity contribution in [3.63, 3.8) is 0 Å². The molecular formula is C18H21N5O2. The molecule has 0 bridgehead atoms. The lowest BCUT2D eigenvalue weighted by Gasteiger charge is -2.25. The maximum absolute atomic E-state index is 12.5. The first-order chi connectivity index (χ1) is 12.2. The topological polar surface area (TPSA) is 88.9 Å². The normalized spacial score (nSPS) is 21.4. The number of carbonyl (C=O) groups is 2. The van der Waals surface area contributed by atoms with Crippen LogP contribution in [0, 0.1) is 0 Å². The molecule has 2 aromatic rings. The highest BCUT2D eigenvalue weighted by molar-refractivity contribution is 6.04. The summed E-state index contributed by atoms with van der Waals surface area (Å²) in [7, 11) is 0. The van der Waals surface area contributed by atoms with Crippen molar-refractivity contribution >= 4 is 17.5 Å². The van der Waals surface area contributed by atoms with Crippen LogP contribution in [0.25, 0.3) is 0 Å². The van der Waals surface area contributed by atoms with Crippen molar-refractivity contribution in [2.75, 3.05) is 5.32 Å². The zero-order valence-electron chi connectivity index (χ0n) is 14.2. The molecule has 3 heterocycles. The van der Waals surface area contributed by atoms with Gasteiger partial charge >= 0.3 is 0 Å². The Morgan fingerprint density at radius 2 is 2.20 bits per heavy atom. The van der Waals surface area contributed by atoms with E-state index in [1.807, 2.05) is 24.3 Å². The standard InChI is InChI=1S/C18H21N5O2/c1-2-15-21-22-16-8-7-11(10-23(15)16)19-17(24)9-13-12-5-3-4-6-14(12)20-18(13)25/h3-6,11,13H,2,7-10H2,1H3,(H,19,24)(H,20,25). The minimum atomic E-state index is -0.406. The second kappa shape index (κ2) is 6.31. The van der Waals surface area contributed by atoms with Crippen LogP contribution in [-0.2, 0) is 29.0 Å². The monoisotopic (exact) mass is 339 g/mol. The fraction of sp³-hybridized carbons (Fsp3) is 0.444. The Balaban J connectivity index is 1.41. The zero-order valence-corrected chi connectivity index (χ0v) is 14.2. The predicted molar refractivity (Wildman–Crippen MR) is 92.1 cm³/mol. The van der Waals surface area contributed by atoms with E-state index in [0.717, 1.165) is 42.2 Å². The number of aromatic nitrogens is 3. The molecule has 0 saturated carbocycles. The number of para-hydroxylation sites is 1. The summed E-state index contributed by atoms with van der Waals surface area (Å²) in [5, 5.41) is 14.3. The lowest BCUT2D eigenvalue weighted by atomic mass is 9.96. The number of nitrogens with one attached hydrogen (secondary N) is 2. The number of aryl methyl sites for hydroxylation is 2. The average Bonchev–Trinajstić information content (AvgIpc) is 3.15. The average molecular weight is 339 g/mol. The van der Waals surface area contributed by atoms with Crippen LogP contribution in [0.2, 0.25) is 0 Å². The van der Waals surface area contributed by atoms with Crippen molar-refractivity contribution in [3.8, 4) is 0 Å². The molecule has 1 aromatic carbocycles. The van der Waals surface area contributed by atoms with E-state index >= 15 is 0 Å². The molecule has 2 atom stereocenters. The Bertz CT molecular complexity index is 815. The van der Waals surface area contributed by atoms with Gasteiger partial charge in [-0.3, -0.25) is 9.59 Å². The first-order valence-electron chi connectivity index (χ1n) is 8.75. The number of nitrogens with zero attached hydrogens (tertiary/aromatic N) is 3. The van der Waals surface area contributed by atoms with Crippen LogP contribution < -0.4 is 10.6 Å². The Hall–Kier alpha value is -2.70. The Morgan fingerprint density at radius 3 is 3.04 bits per heavy atom. The van der Waals surface area contributed by atoms with Gasteiger partial charge in [-0.25, -0.2) is 0 Å². The summed E-state index contributed by atoms with van der Waals surface area (Å²) in [6, 6.07) is 7.60. The van der Waals surface area contributed by atoms with E-state index in [2.05, 4.69) is 32.3 Å². The molecule has 2 aliphatic rings. The van der Waals surface area contributed by atoms with Gasteiger partial charge in [0.2, 0.25) is 11.8 Å². The molecule has 7 heteroatoms. The van der Waals surface area contributed by atoms with Gasteiger partial charge in [-0.1, -0.05) is 25.1 Å². The molecule has 0 fully saturated rings. The van der Waals surface area contributed by atoms with E-state index in [0.29, 0.717) is 6.54 Å². The predicted octanol–water partition coefficient (Wildman–Crippen LogP) is 1.40. The fourth-order valence-electron chi connectivity index (χ4n) is 3.71. The minimum Gasteiger partial charge on any atom is -0.352 e. The van der Waals surface area contributed by atoms with E-state index in [1.165, 1.54) is 0 Å². The zero-order chi connectivity index (χ0) is 17.4. The summed E-state index contributed by atoms with van der Waals surface area (Å²) in [5.41, 5.74) is 1.71. The van der Waals surface area contributed by atoms with Gasteiger partial charge in [-0.15, -0.1) is 10.2 Å². The molecule has 2 unspecified atom stereocenters. The van der Waals surface area contributed by atoms with E-state index in [-0.39, 0.29) is 24.3 Å². The van der Waals surface area contributed by atoms with E-state index in [9.17, 15) is 9.59 Å². The summed E-state index contributed by atoms with van der Waals surface area (Å²) < 4.78 is 2.10.